The van der Waals surface area contributed by atoms with Crippen molar-refractivity contribution in [3.05, 3.63) is 53.9 Å². The number of rotatable bonds is 6. The molecule has 1 aromatic heterocycles. The number of benzene rings is 1. The molecule has 1 fully saturated rings. The minimum absolute atomic E-state index is 0.555. The van der Waals surface area contributed by atoms with Crippen LogP contribution in [0.3, 0.4) is 0 Å². The Hall–Kier alpha value is -2.34. The first kappa shape index (κ1) is 17.5. The van der Waals surface area contributed by atoms with Crippen molar-refractivity contribution in [2.24, 2.45) is 18.0 Å². The van der Waals surface area contributed by atoms with Crippen molar-refractivity contribution in [1.82, 2.24) is 20.0 Å². The molecular formula is C19H27N5O. The summed E-state index contributed by atoms with van der Waals surface area (Å²) in [6.45, 7) is 4.22. The van der Waals surface area contributed by atoms with Crippen molar-refractivity contribution in [3.8, 4) is 0 Å². The van der Waals surface area contributed by atoms with Crippen LogP contribution >= 0.6 is 0 Å². The number of hydrogen-bond donors (Lipinski definition) is 1. The summed E-state index contributed by atoms with van der Waals surface area (Å²) in [6, 6.07) is 12.4. The van der Waals surface area contributed by atoms with E-state index in [0.29, 0.717) is 12.5 Å². The molecule has 0 spiro atoms. The molecule has 1 atom stereocenters. The first-order chi connectivity index (χ1) is 12.3. The lowest BCUT2D eigenvalue weighted by Crippen LogP contribution is -2.40. The Morgan fingerprint density at radius 2 is 2.16 bits per heavy atom. The standard InChI is InChI=1S/C19H27N5O/c1-20-19(21-12-18-8-10-22-23(18)2)24-11-9-17(13-24)15-25-14-16-6-4-3-5-7-16/h3-8,10,17H,9,11-15H2,1-2H3,(H,20,21). The van der Waals surface area contributed by atoms with Crippen molar-refractivity contribution < 1.29 is 4.74 Å². The van der Waals surface area contributed by atoms with Crippen LogP contribution in [0.5, 0.6) is 0 Å². The number of guanidine groups is 1. The number of nitrogens with one attached hydrogen (secondary N) is 1. The molecule has 1 aliphatic rings. The van der Waals surface area contributed by atoms with Gasteiger partial charge in [0.15, 0.2) is 5.96 Å². The molecule has 1 unspecified atom stereocenters. The van der Waals surface area contributed by atoms with Gasteiger partial charge < -0.3 is 15.0 Å². The Labute approximate surface area is 149 Å². The highest BCUT2D eigenvalue weighted by atomic mass is 16.5. The van der Waals surface area contributed by atoms with E-state index in [0.717, 1.165) is 44.3 Å². The molecule has 6 nitrogen and oxygen atoms in total. The summed E-state index contributed by atoms with van der Waals surface area (Å²) in [5.41, 5.74) is 2.37. The lowest BCUT2D eigenvalue weighted by molar-refractivity contribution is 0.0906. The van der Waals surface area contributed by atoms with Gasteiger partial charge in [-0.25, -0.2) is 0 Å². The largest absolute Gasteiger partial charge is 0.376 e. The Bertz CT molecular complexity index is 682. The van der Waals surface area contributed by atoms with Gasteiger partial charge in [-0.15, -0.1) is 0 Å². The van der Waals surface area contributed by atoms with Crippen LogP contribution in [0.1, 0.15) is 17.7 Å². The number of aliphatic imine (C=N–C) groups is 1. The Morgan fingerprint density at radius 1 is 1.32 bits per heavy atom. The lowest BCUT2D eigenvalue weighted by Gasteiger charge is -2.21. The van der Waals surface area contributed by atoms with Crippen LogP contribution in [0, 0.1) is 5.92 Å². The first-order valence-electron chi connectivity index (χ1n) is 8.80. The maximum absolute atomic E-state index is 5.90. The van der Waals surface area contributed by atoms with Crippen LogP contribution in [-0.2, 0) is 24.9 Å². The molecule has 1 saturated heterocycles. The van der Waals surface area contributed by atoms with Crippen molar-refractivity contribution in [2.45, 2.75) is 19.6 Å². The van der Waals surface area contributed by atoms with Crippen molar-refractivity contribution in [3.63, 3.8) is 0 Å². The SMILES string of the molecule is CN=C(NCc1ccnn1C)N1CCC(COCc2ccccc2)C1. The second-order valence-corrected chi connectivity index (χ2v) is 6.45. The predicted molar refractivity (Wildman–Crippen MR) is 99.2 cm³/mol. The third kappa shape index (κ3) is 4.82. The molecule has 25 heavy (non-hydrogen) atoms. The normalized spacial score (nSPS) is 17.9. The van der Waals surface area contributed by atoms with E-state index < -0.39 is 0 Å². The molecule has 1 aliphatic heterocycles. The topological polar surface area (TPSA) is 54.7 Å². The monoisotopic (exact) mass is 341 g/mol. The molecular weight excluding hydrogens is 314 g/mol. The number of hydrogen-bond acceptors (Lipinski definition) is 3. The Morgan fingerprint density at radius 3 is 2.88 bits per heavy atom. The van der Waals surface area contributed by atoms with Crippen molar-refractivity contribution >= 4 is 5.96 Å². The van der Waals surface area contributed by atoms with Gasteiger partial charge in [0.25, 0.3) is 0 Å². The van der Waals surface area contributed by atoms with Crippen LogP contribution in [0.2, 0.25) is 0 Å². The van der Waals surface area contributed by atoms with E-state index in [-0.39, 0.29) is 0 Å². The number of likely N-dealkylation sites (tertiary alicyclic amines) is 1. The molecule has 1 N–H and O–H groups in total. The van der Waals surface area contributed by atoms with Crippen LogP contribution in [0.4, 0.5) is 0 Å². The summed E-state index contributed by atoms with van der Waals surface area (Å²) in [7, 11) is 3.79. The number of nitrogens with zero attached hydrogens (tertiary/aromatic N) is 4. The van der Waals surface area contributed by atoms with E-state index in [1.54, 1.807) is 0 Å². The van der Waals surface area contributed by atoms with Crippen LogP contribution in [0.15, 0.2) is 47.6 Å². The number of aromatic nitrogens is 2. The van der Waals surface area contributed by atoms with Crippen LogP contribution < -0.4 is 5.32 Å². The zero-order chi connectivity index (χ0) is 17.5. The summed E-state index contributed by atoms with van der Waals surface area (Å²) in [6.07, 6.45) is 2.96. The molecule has 1 aromatic carbocycles. The fraction of sp³-hybridized carbons (Fsp3) is 0.474. The average Bonchev–Trinajstić information content (AvgIpc) is 3.26. The second-order valence-electron chi connectivity index (χ2n) is 6.45. The van der Waals surface area contributed by atoms with Gasteiger partial charge in [0.2, 0.25) is 0 Å². The summed E-state index contributed by atoms with van der Waals surface area (Å²) >= 11 is 0. The summed E-state index contributed by atoms with van der Waals surface area (Å²) in [4.78, 5) is 6.73. The molecule has 2 heterocycles. The van der Waals surface area contributed by atoms with E-state index in [2.05, 4.69) is 32.4 Å². The van der Waals surface area contributed by atoms with Gasteiger partial charge >= 0.3 is 0 Å². The highest BCUT2D eigenvalue weighted by Crippen LogP contribution is 2.17. The highest BCUT2D eigenvalue weighted by Gasteiger charge is 2.25. The Kier molecular flexibility index (Phi) is 6.06. The molecule has 6 heteroatoms. The molecule has 134 valence electrons. The Balaban J connectivity index is 1.42. The van der Waals surface area contributed by atoms with Gasteiger partial charge in [-0.2, -0.15) is 5.10 Å². The minimum atomic E-state index is 0.555. The van der Waals surface area contributed by atoms with Gasteiger partial charge in [0.05, 0.1) is 25.5 Å². The fourth-order valence-electron chi connectivity index (χ4n) is 3.16. The van der Waals surface area contributed by atoms with E-state index >= 15 is 0 Å². The van der Waals surface area contributed by atoms with E-state index in [4.69, 9.17) is 4.74 Å². The molecule has 0 bridgehead atoms. The maximum Gasteiger partial charge on any atom is 0.193 e. The maximum atomic E-state index is 5.90. The average molecular weight is 341 g/mol. The van der Waals surface area contributed by atoms with Gasteiger partial charge in [-0.1, -0.05) is 30.3 Å². The summed E-state index contributed by atoms with van der Waals surface area (Å²) in [5.74, 6) is 1.51. The molecule has 3 rings (SSSR count). The first-order valence-corrected chi connectivity index (χ1v) is 8.80. The summed E-state index contributed by atoms with van der Waals surface area (Å²) in [5, 5.41) is 7.63. The van der Waals surface area contributed by atoms with Gasteiger partial charge in [0.1, 0.15) is 0 Å². The van der Waals surface area contributed by atoms with E-state index in [1.165, 1.54) is 5.56 Å². The number of ether oxygens (including phenoxy) is 1. The zero-order valence-electron chi connectivity index (χ0n) is 15.1. The second kappa shape index (κ2) is 8.67. The molecule has 0 saturated carbocycles. The highest BCUT2D eigenvalue weighted by molar-refractivity contribution is 5.80. The quantitative estimate of drug-likeness (QED) is 0.645. The van der Waals surface area contributed by atoms with E-state index in [9.17, 15) is 0 Å². The molecule has 0 amide bonds. The van der Waals surface area contributed by atoms with Crippen LogP contribution in [-0.4, -0.2) is 47.4 Å². The number of aryl methyl sites for hydroxylation is 1. The third-order valence-electron chi connectivity index (χ3n) is 4.61. The molecule has 0 aliphatic carbocycles. The molecule has 2 aromatic rings. The third-order valence-corrected chi connectivity index (χ3v) is 4.61. The van der Waals surface area contributed by atoms with Crippen molar-refractivity contribution in [1.29, 1.82) is 0 Å². The van der Waals surface area contributed by atoms with Gasteiger partial charge in [0, 0.05) is 39.3 Å². The van der Waals surface area contributed by atoms with Crippen LogP contribution in [0.25, 0.3) is 0 Å². The zero-order valence-corrected chi connectivity index (χ0v) is 15.1. The minimum Gasteiger partial charge on any atom is -0.376 e. The van der Waals surface area contributed by atoms with Gasteiger partial charge in [-0.05, 0) is 18.1 Å². The fourth-order valence-corrected chi connectivity index (χ4v) is 3.16. The smallest absolute Gasteiger partial charge is 0.193 e. The van der Waals surface area contributed by atoms with E-state index in [1.807, 2.05) is 49.2 Å². The molecule has 0 radical (unpaired) electrons. The van der Waals surface area contributed by atoms with Crippen molar-refractivity contribution in [2.75, 3.05) is 26.7 Å². The predicted octanol–water partition coefficient (Wildman–Crippen LogP) is 2.03. The van der Waals surface area contributed by atoms with Gasteiger partial charge in [-0.3, -0.25) is 9.67 Å². The summed E-state index contributed by atoms with van der Waals surface area (Å²) < 4.78 is 7.78. The lowest BCUT2D eigenvalue weighted by atomic mass is 10.1.